The van der Waals surface area contributed by atoms with E-state index in [0.717, 1.165) is 22.0 Å². The number of halogens is 2. The molecule has 2 aromatic rings. The zero-order chi connectivity index (χ0) is 14.7. The van der Waals surface area contributed by atoms with Crippen LogP contribution < -0.4 is 10.6 Å². The first-order valence-corrected chi connectivity index (χ1v) is 7.11. The normalized spacial score (nSPS) is 12.2. The summed E-state index contributed by atoms with van der Waals surface area (Å²) in [4.78, 5) is 6.42. The molecule has 0 aliphatic heterocycles. The first-order chi connectivity index (χ1) is 9.52. The van der Waals surface area contributed by atoms with Crippen molar-refractivity contribution in [1.82, 2.24) is 4.98 Å². The van der Waals surface area contributed by atoms with Gasteiger partial charge >= 0.3 is 0 Å². The van der Waals surface area contributed by atoms with Crippen molar-refractivity contribution >= 4 is 29.0 Å². The topological polar surface area (TPSA) is 42.2 Å². The average Bonchev–Trinajstić information content (AvgIpc) is 2.45. The van der Waals surface area contributed by atoms with Crippen molar-refractivity contribution in [2.45, 2.75) is 19.5 Å². The number of nitrogens with zero attached hydrogens (tertiary/aromatic N) is 2. The van der Waals surface area contributed by atoms with E-state index in [4.69, 9.17) is 28.9 Å². The van der Waals surface area contributed by atoms with E-state index < -0.39 is 0 Å². The van der Waals surface area contributed by atoms with E-state index in [9.17, 15) is 0 Å². The molecule has 0 spiro atoms. The number of aromatic nitrogens is 1. The van der Waals surface area contributed by atoms with Gasteiger partial charge in [-0.3, -0.25) is 0 Å². The van der Waals surface area contributed by atoms with Crippen LogP contribution >= 0.6 is 23.2 Å². The van der Waals surface area contributed by atoms with Crippen LogP contribution in [-0.4, -0.2) is 12.0 Å². The lowest BCUT2D eigenvalue weighted by Crippen LogP contribution is -2.23. The second-order valence-electron chi connectivity index (χ2n) is 4.70. The van der Waals surface area contributed by atoms with Gasteiger partial charge in [0, 0.05) is 24.8 Å². The number of hydrogen-bond acceptors (Lipinski definition) is 3. The van der Waals surface area contributed by atoms with Crippen LogP contribution in [0.3, 0.4) is 0 Å². The minimum absolute atomic E-state index is 0.113. The van der Waals surface area contributed by atoms with E-state index >= 15 is 0 Å². The molecule has 1 unspecified atom stereocenters. The molecule has 20 heavy (non-hydrogen) atoms. The molecule has 0 amide bonds. The van der Waals surface area contributed by atoms with Crippen LogP contribution in [0.25, 0.3) is 0 Å². The lowest BCUT2D eigenvalue weighted by molar-refractivity contribution is 0.728. The molecule has 1 heterocycles. The minimum atomic E-state index is 0.113. The number of rotatable bonds is 4. The highest BCUT2D eigenvalue weighted by atomic mass is 35.5. The van der Waals surface area contributed by atoms with Gasteiger partial charge in [-0.25, -0.2) is 4.98 Å². The van der Waals surface area contributed by atoms with Gasteiger partial charge in [-0.1, -0.05) is 35.3 Å². The number of nitrogens with two attached hydrogens (primary N) is 1. The highest BCUT2D eigenvalue weighted by Crippen LogP contribution is 2.30. The van der Waals surface area contributed by atoms with E-state index in [0.29, 0.717) is 11.6 Å². The molecule has 0 aliphatic carbocycles. The summed E-state index contributed by atoms with van der Waals surface area (Å²) in [5.74, 6) is 0.733. The van der Waals surface area contributed by atoms with Gasteiger partial charge in [0.25, 0.3) is 0 Å². The Bertz CT molecular complexity index is 601. The molecule has 0 fully saturated rings. The maximum atomic E-state index is 6.28. The van der Waals surface area contributed by atoms with Crippen LogP contribution in [0.5, 0.6) is 0 Å². The Morgan fingerprint density at radius 2 is 2.05 bits per heavy atom. The van der Waals surface area contributed by atoms with Crippen LogP contribution in [0, 0.1) is 0 Å². The Morgan fingerprint density at radius 3 is 2.65 bits per heavy atom. The highest BCUT2D eigenvalue weighted by Gasteiger charge is 2.16. The van der Waals surface area contributed by atoms with Crippen LogP contribution in [0.15, 0.2) is 36.5 Å². The molecule has 3 nitrogen and oxygen atoms in total. The predicted octanol–water partition coefficient (Wildman–Crippen LogP) is 4.04. The SMILES string of the molecule is CC(c1cccc(Cl)c1)N(C)c1ncc(CN)cc1Cl. The maximum absolute atomic E-state index is 6.28. The van der Waals surface area contributed by atoms with Gasteiger partial charge in [0.05, 0.1) is 11.1 Å². The summed E-state index contributed by atoms with van der Waals surface area (Å²) in [5.41, 5.74) is 7.62. The Kier molecular flexibility index (Phi) is 4.86. The summed E-state index contributed by atoms with van der Waals surface area (Å²) in [5, 5.41) is 1.32. The van der Waals surface area contributed by atoms with Gasteiger partial charge in [-0.15, -0.1) is 0 Å². The predicted molar refractivity (Wildman–Crippen MR) is 85.4 cm³/mol. The summed E-state index contributed by atoms with van der Waals surface area (Å²) in [7, 11) is 1.96. The van der Waals surface area contributed by atoms with Crippen molar-refractivity contribution in [1.29, 1.82) is 0 Å². The van der Waals surface area contributed by atoms with E-state index in [1.807, 2.05) is 42.3 Å². The number of pyridine rings is 1. The summed E-state index contributed by atoms with van der Waals surface area (Å²) >= 11 is 12.3. The first-order valence-electron chi connectivity index (χ1n) is 6.35. The van der Waals surface area contributed by atoms with Crippen LogP contribution in [-0.2, 0) is 6.54 Å². The van der Waals surface area contributed by atoms with Gasteiger partial charge < -0.3 is 10.6 Å². The molecule has 0 saturated heterocycles. The van der Waals surface area contributed by atoms with Gasteiger partial charge in [0.2, 0.25) is 0 Å². The molecule has 1 aromatic heterocycles. The smallest absolute Gasteiger partial charge is 0.147 e. The quantitative estimate of drug-likeness (QED) is 0.926. The van der Waals surface area contributed by atoms with Crippen LogP contribution in [0.2, 0.25) is 10.0 Å². The molecule has 2 N–H and O–H groups in total. The standard InChI is InChI=1S/C15H17Cl2N3/c1-10(12-4-3-5-13(16)7-12)20(2)15-14(17)6-11(8-18)9-19-15/h3-7,9-10H,8,18H2,1-2H3. The van der Waals surface area contributed by atoms with Crippen molar-refractivity contribution < 1.29 is 0 Å². The van der Waals surface area contributed by atoms with E-state index in [-0.39, 0.29) is 6.04 Å². The second-order valence-corrected chi connectivity index (χ2v) is 5.54. The summed E-state index contributed by atoms with van der Waals surface area (Å²) in [6.45, 7) is 2.51. The third kappa shape index (κ3) is 3.23. The Labute approximate surface area is 129 Å². The lowest BCUT2D eigenvalue weighted by atomic mass is 10.1. The Morgan fingerprint density at radius 1 is 1.30 bits per heavy atom. The first kappa shape index (κ1) is 15.1. The monoisotopic (exact) mass is 309 g/mol. The fraction of sp³-hybridized carbons (Fsp3) is 0.267. The Balaban J connectivity index is 2.28. The summed E-state index contributed by atoms with van der Waals surface area (Å²) in [6.07, 6.45) is 1.75. The molecular formula is C15H17Cl2N3. The fourth-order valence-corrected chi connectivity index (χ4v) is 2.54. The van der Waals surface area contributed by atoms with Gasteiger partial charge in [0.1, 0.15) is 5.82 Å². The molecule has 106 valence electrons. The number of anilines is 1. The third-order valence-corrected chi connectivity index (χ3v) is 3.87. The van der Waals surface area contributed by atoms with Crippen LogP contribution in [0.4, 0.5) is 5.82 Å². The van der Waals surface area contributed by atoms with E-state index in [1.54, 1.807) is 6.20 Å². The molecule has 0 saturated carbocycles. The van der Waals surface area contributed by atoms with Gasteiger partial charge in [0.15, 0.2) is 0 Å². The largest absolute Gasteiger partial charge is 0.352 e. The third-order valence-electron chi connectivity index (χ3n) is 3.36. The average molecular weight is 310 g/mol. The number of benzene rings is 1. The minimum Gasteiger partial charge on any atom is -0.352 e. The molecule has 0 aliphatic rings. The van der Waals surface area contributed by atoms with Crippen molar-refractivity contribution in [2.24, 2.45) is 5.73 Å². The van der Waals surface area contributed by atoms with Crippen molar-refractivity contribution in [3.8, 4) is 0 Å². The Hall–Kier alpha value is -1.29. The van der Waals surface area contributed by atoms with Gasteiger partial charge in [-0.2, -0.15) is 0 Å². The zero-order valence-electron chi connectivity index (χ0n) is 11.5. The fourth-order valence-electron chi connectivity index (χ4n) is 2.01. The van der Waals surface area contributed by atoms with Gasteiger partial charge in [-0.05, 0) is 36.2 Å². The molecule has 0 bridgehead atoms. The lowest BCUT2D eigenvalue weighted by Gasteiger charge is -2.27. The highest BCUT2D eigenvalue weighted by molar-refractivity contribution is 6.33. The molecular weight excluding hydrogens is 293 g/mol. The van der Waals surface area contributed by atoms with Crippen LogP contribution in [0.1, 0.15) is 24.1 Å². The number of hydrogen-bond donors (Lipinski definition) is 1. The summed E-state index contributed by atoms with van der Waals surface area (Å²) in [6, 6.07) is 9.75. The van der Waals surface area contributed by atoms with Crippen molar-refractivity contribution in [3.63, 3.8) is 0 Å². The molecule has 0 radical (unpaired) electrons. The second kappa shape index (κ2) is 6.44. The molecule has 2 rings (SSSR count). The molecule has 1 aromatic carbocycles. The zero-order valence-corrected chi connectivity index (χ0v) is 13.0. The van der Waals surface area contributed by atoms with E-state index in [2.05, 4.69) is 11.9 Å². The maximum Gasteiger partial charge on any atom is 0.147 e. The van der Waals surface area contributed by atoms with E-state index in [1.165, 1.54) is 0 Å². The molecule has 1 atom stereocenters. The van der Waals surface area contributed by atoms with Crippen molar-refractivity contribution in [2.75, 3.05) is 11.9 Å². The molecule has 5 heteroatoms. The van der Waals surface area contributed by atoms with Crippen molar-refractivity contribution in [3.05, 3.63) is 57.7 Å². The summed E-state index contributed by atoms with van der Waals surface area (Å²) < 4.78 is 0.